The molecule has 12 rings (SSSR count). The van der Waals surface area contributed by atoms with Crippen LogP contribution in [0.5, 0.6) is 17.2 Å². The minimum atomic E-state index is -0.534. The first kappa shape index (κ1) is 56.1. The molecule has 0 fully saturated rings. The molecule has 2 atom stereocenters. The predicted molar refractivity (Wildman–Crippen MR) is 354 cm³/mol. The minimum absolute atomic E-state index is 0.352. The van der Waals surface area contributed by atoms with Crippen LogP contribution in [0.15, 0.2) is 206 Å². The number of thiazole rings is 2. The van der Waals surface area contributed by atoms with E-state index in [0.717, 1.165) is 105 Å². The number of hydrogen-bond donors (Lipinski definition) is 0. The fraction of sp³-hybridized carbons (Fsp3) is 0.167. The number of nitriles is 1. The molecular formula is C72H62B2N6O3S2. The summed E-state index contributed by atoms with van der Waals surface area (Å²) in [6, 6.07) is 73.9. The van der Waals surface area contributed by atoms with Crippen molar-refractivity contribution in [1.82, 2.24) is 18.9 Å². The molecule has 0 bridgehead atoms. The zero-order valence-corrected chi connectivity index (χ0v) is 50.1. The molecule has 0 amide bonds. The molecule has 0 spiro atoms. The summed E-state index contributed by atoms with van der Waals surface area (Å²) in [6.45, 7) is 20.6. The van der Waals surface area contributed by atoms with E-state index in [-0.39, 0.29) is 0 Å². The third kappa shape index (κ3) is 11.1. The van der Waals surface area contributed by atoms with Crippen LogP contribution in [0.4, 0.5) is 0 Å². The number of benzene rings is 8. The maximum atomic E-state index is 12.4. The van der Waals surface area contributed by atoms with E-state index in [9.17, 15) is 11.8 Å². The fourth-order valence-corrected chi connectivity index (χ4v) is 13.2. The zero-order chi connectivity index (χ0) is 58.6. The molecule has 0 aliphatic carbocycles. The molecule has 2 unspecified atom stereocenters. The van der Waals surface area contributed by atoms with Gasteiger partial charge in [0.15, 0.2) is 0 Å². The number of ether oxygens (including phenoxy) is 3. The van der Waals surface area contributed by atoms with Crippen molar-refractivity contribution >= 4 is 101 Å². The van der Waals surface area contributed by atoms with Gasteiger partial charge in [-0.1, -0.05) is 190 Å². The van der Waals surface area contributed by atoms with E-state index in [4.69, 9.17) is 29.0 Å². The van der Waals surface area contributed by atoms with E-state index < -0.39 is 13.7 Å². The van der Waals surface area contributed by atoms with Gasteiger partial charge in [-0.3, -0.25) is 0 Å². The SMILES string of the molecule is [C-]#[N+]C(c1nc2cc(OC)ccc2s1)=c1c2c(-c3ccc(OCC(C)CC)cc3)n(B(c3ccccc3)c3ccccc3)/c(=C(/C#N)c3nc4cc(C)ccc4s3)c2c(-c2ccc(OCC(C)CC)cc2)n1B(c1ccccc1)c1ccccc1. The molecule has 4 heterocycles. The molecule has 416 valence electrons. The van der Waals surface area contributed by atoms with Gasteiger partial charge in [-0.25, -0.2) is 14.8 Å². The third-order valence-corrected chi connectivity index (χ3v) is 18.2. The number of aromatic nitrogens is 4. The Bertz CT molecular complexity index is 4430. The summed E-state index contributed by atoms with van der Waals surface area (Å²) in [6.07, 6.45) is 1.98. The monoisotopic (exact) mass is 1140 g/mol. The summed E-state index contributed by atoms with van der Waals surface area (Å²) >= 11 is 2.99. The third-order valence-electron chi connectivity index (χ3n) is 16.1. The van der Waals surface area contributed by atoms with E-state index in [2.05, 4.69) is 213 Å². The Kier molecular flexibility index (Phi) is 16.4. The van der Waals surface area contributed by atoms with Crippen molar-refractivity contribution in [3.63, 3.8) is 0 Å². The van der Waals surface area contributed by atoms with E-state index in [0.29, 0.717) is 62.8 Å². The number of methoxy groups -OCH3 is 1. The Morgan fingerprint density at radius 3 is 1.41 bits per heavy atom. The average Bonchev–Trinajstić information content (AvgIpc) is 1.59. The molecule has 9 nitrogen and oxygen atoms in total. The quantitative estimate of drug-likeness (QED) is 0.0592. The standard InChI is InChI=1S/C72H62B2N6O3S2/c1-8-47(3)45-82-56-35-31-50(32-36-56)67-64-65(70(66(76-6)72-78-61-43-58(81-7)39-41-63(61)85-72)80(67)74(54-26-18-12-19-27-54)55-28-20-13-21-29-55)68(51-33-37-57(38-34-51)83-46-48(4)9-2)79(73(52-22-14-10-15-23-52)53-24-16-11-17-25-53)69(64)59(44-75)71-77-60-42-49(5)30-40-62(60)84-71/h10-43,47-48H,8-9,45-46H2,1-5,7H3/b69-59-,70-66?. The summed E-state index contributed by atoms with van der Waals surface area (Å²) in [4.78, 5) is 15.5. The highest BCUT2D eigenvalue weighted by Gasteiger charge is 2.38. The van der Waals surface area contributed by atoms with Crippen molar-refractivity contribution in [2.45, 2.75) is 47.5 Å². The predicted octanol–water partition coefficient (Wildman–Crippen LogP) is 13.3. The lowest BCUT2D eigenvalue weighted by Gasteiger charge is -2.24. The van der Waals surface area contributed by atoms with Gasteiger partial charge in [-0.15, -0.1) is 22.7 Å². The van der Waals surface area contributed by atoms with Crippen LogP contribution in [0.2, 0.25) is 0 Å². The lowest BCUT2D eigenvalue weighted by atomic mass is 9.50. The summed E-state index contributed by atoms with van der Waals surface area (Å²) in [7, 11) is 1.65. The Balaban J connectivity index is 1.39. The highest BCUT2D eigenvalue weighted by molar-refractivity contribution is 7.20. The fourth-order valence-electron chi connectivity index (χ4n) is 11.3. The number of hydrogen-bond acceptors (Lipinski definition) is 8. The number of aryl methyl sites for hydroxylation is 1. The van der Waals surface area contributed by atoms with Crippen molar-refractivity contribution in [3.05, 3.63) is 244 Å². The molecule has 4 aromatic heterocycles. The van der Waals surface area contributed by atoms with Crippen molar-refractivity contribution in [1.29, 1.82) is 5.26 Å². The molecule has 0 aliphatic rings. The Hall–Kier alpha value is -9.39. The van der Waals surface area contributed by atoms with Crippen LogP contribution in [0.1, 0.15) is 56.1 Å². The van der Waals surface area contributed by atoms with Crippen LogP contribution in [-0.2, 0) is 0 Å². The summed E-state index contributed by atoms with van der Waals surface area (Å²) in [5.74, 6) is 2.88. The van der Waals surface area contributed by atoms with E-state index in [1.807, 2.05) is 42.5 Å². The topological polar surface area (TPSA) is 91.5 Å². The van der Waals surface area contributed by atoms with Gasteiger partial charge in [0.1, 0.15) is 38.9 Å². The Morgan fingerprint density at radius 2 is 0.965 bits per heavy atom. The van der Waals surface area contributed by atoms with Crippen molar-refractivity contribution in [2.24, 2.45) is 11.8 Å². The average molecular weight is 1150 g/mol. The first-order valence-corrected chi connectivity index (χ1v) is 30.6. The molecule has 0 N–H and O–H groups in total. The smallest absolute Gasteiger partial charge is 0.328 e. The minimum Gasteiger partial charge on any atom is -0.497 e. The van der Waals surface area contributed by atoms with Crippen LogP contribution in [0.25, 0.3) is 69.8 Å². The molecule has 85 heavy (non-hydrogen) atoms. The summed E-state index contributed by atoms with van der Waals surface area (Å²) in [5, 5.41) is 16.4. The molecule has 12 aromatic rings. The highest BCUT2D eigenvalue weighted by Crippen LogP contribution is 2.39. The first-order chi connectivity index (χ1) is 41.7. The van der Waals surface area contributed by atoms with Crippen molar-refractivity contribution in [3.8, 4) is 45.8 Å². The molecule has 0 saturated carbocycles. The van der Waals surface area contributed by atoms with Crippen LogP contribution in [0.3, 0.4) is 0 Å². The van der Waals surface area contributed by atoms with Crippen LogP contribution >= 0.6 is 22.7 Å². The Labute approximate surface area is 505 Å². The van der Waals surface area contributed by atoms with Gasteiger partial charge in [0.05, 0.1) is 52.7 Å². The maximum absolute atomic E-state index is 12.4. The summed E-state index contributed by atoms with van der Waals surface area (Å²) in [5.41, 5.74) is 10.7. The second-order valence-electron chi connectivity index (χ2n) is 21.8. The molecule has 0 aliphatic heterocycles. The number of fused-ring (bicyclic) bond motifs is 3. The molecule has 0 radical (unpaired) electrons. The second kappa shape index (κ2) is 24.8. The molecule has 8 aromatic carbocycles. The highest BCUT2D eigenvalue weighted by atomic mass is 32.1. The molecule has 0 saturated heterocycles. The van der Waals surface area contributed by atoms with Gasteiger partial charge in [-0.2, -0.15) is 5.26 Å². The van der Waals surface area contributed by atoms with Gasteiger partial charge < -0.3 is 23.2 Å². The second-order valence-corrected chi connectivity index (χ2v) is 23.9. The van der Waals surface area contributed by atoms with Gasteiger partial charge in [-0.05, 0) is 108 Å². The van der Waals surface area contributed by atoms with Crippen LogP contribution < -0.4 is 46.8 Å². The number of nitrogens with zero attached hydrogens (tertiary/aromatic N) is 6. The van der Waals surface area contributed by atoms with E-state index >= 15 is 0 Å². The first-order valence-electron chi connectivity index (χ1n) is 29.0. The van der Waals surface area contributed by atoms with E-state index in [1.165, 1.54) is 22.7 Å². The van der Waals surface area contributed by atoms with Gasteiger partial charge in [0, 0.05) is 33.6 Å². The number of rotatable bonds is 19. The lowest BCUT2D eigenvalue weighted by Crippen LogP contribution is -2.54. The normalized spacial score (nSPS) is 12.8. The van der Waals surface area contributed by atoms with Gasteiger partial charge in [0.2, 0.25) is 5.70 Å². The lowest BCUT2D eigenvalue weighted by molar-refractivity contribution is 0.256. The zero-order valence-electron chi connectivity index (χ0n) is 48.5. The van der Waals surface area contributed by atoms with Crippen molar-refractivity contribution < 1.29 is 14.2 Å². The maximum Gasteiger partial charge on any atom is 0.328 e. The van der Waals surface area contributed by atoms with Crippen LogP contribution in [-0.4, -0.2) is 52.9 Å². The van der Waals surface area contributed by atoms with Crippen molar-refractivity contribution in [2.75, 3.05) is 20.3 Å². The largest absolute Gasteiger partial charge is 0.497 e. The molecular weight excluding hydrogens is 1080 g/mol. The van der Waals surface area contributed by atoms with E-state index in [1.54, 1.807) is 7.11 Å². The molecule has 13 heteroatoms. The van der Waals surface area contributed by atoms with Crippen LogP contribution in [0, 0.1) is 36.7 Å². The summed E-state index contributed by atoms with van der Waals surface area (Å²) < 4.78 is 25.4. The van der Waals surface area contributed by atoms with Gasteiger partial charge >= 0.3 is 13.7 Å². The van der Waals surface area contributed by atoms with Gasteiger partial charge in [0.25, 0.3) is 0 Å². The Morgan fingerprint density at radius 1 is 0.553 bits per heavy atom.